The summed E-state index contributed by atoms with van der Waals surface area (Å²) in [4.78, 5) is 11.9. The number of amides is 1. The molecule has 0 spiro atoms. The topological polar surface area (TPSA) is 67.2 Å². The van der Waals surface area contributed by atoms with E-state index in [9.17, 15) is 9.90 Å². The fourth-order valence-electron chi connectivity index (χ4n) is 1.93. The fourth-order valence-corrected chi connectivity index (χ4v) is 2.10. The van der Waals surface area contributed by atoms with Gasteiger partial charge in [-0.1, -0.05) is 11.6 Å². The van der Waals surface area contributed by atoms with Gasteiger partial charge in [0.25, 0.3) is 0 Å². The molecule has 0 fully saturated rings. The van der Waals surface area contributed by atoms with E-state index in [4.69, 9.17) is 11.6 Å². The standard InChI is InChI=1S/C14H16ClN3O2/c1-9-7-10(2)18(17-9)6-5-14(20)16-12-8-11(15)3-4-13(12)19/h3-4,7-8,19H,5-6H2,1-2H3,(H,16,20). The van der Waals surface area contributed by atoms with E-state index >= 15 is 0 Å². The molecule has 5 nitrogen and oxygen atoms in total. The Morgan fingerprint density at radius 2 is 2.15 bits per heavy atom. The van der Waals surface area contributed by atoms with E-state index in [2.05, 4.69) is 10.4 Å². The molecule has 1 amide bonds. The van der Waals surface area contributed by atoms with Crippen LogP contribution in [0.4, 0.5) is 5.69 Å². The van der Waals surface area contributed by atoms with Gasteiger partial charge in [-0.2, -0.15) is 5.10 Å². The summed E-state index contributed by atoms with van der Waals surface area (Å²) in [6, 6.07) is 6.47. The largest absolute Gasteiger partial charge is 0.506 e. The van der Waals surface area contributed by atoms with Crippen molar-refractivity contribution in [2.45, 2.75) is 26.8 Å². The minimum Gasteiger partial charge on any atom is -0.506 e. The molecule has 0 aliphatic rings. The molecule has 0 bridgehead atoms. The average Bonchev–Trinajstić information content (AvgIpc) is 2.70. The van der Waals surface area contributed by atoms with Gasteiger partial charge in [0.2, 0.25) is 5.91 Å². The monoisotopic (exact) mass is 293 g/mol. The smallest absolute Gasteiger partial charge is 0.226 e. The SMILES string of the molecule is Cc1cc(C)n(CCC(=O)Nc2cc(Cl)ccc2O)n1. The summed E-state index contributed by atoms with van der Waals surface area (Å²) < 4.78 is 1.78. The Balaban J connectivity index is 1.96. The van der Waals surface area contributed by atoms with E-state index in [1.807, 2.05) is 19.9 Å². The zero-order chi connectivity index (χ0) is 14.7. The van der Waals surface area contributed by atoms with Gasteiger partial charge in [-0.25, -0.2) is 0 Å². The lowest BCUT2D eigenvalue weighted by Gasteiger charge is -2.08. The lowest BCUT2D eigenvalue weighted by atomic mass is 10.2. The molecule has 6 heteroatoms. The van der Waals surface area contributed by atoms with Crippen LogP contribution in [0.3, 0.4) is 0 Å². The van der Waals surface area contributed by atoms with Gasteiger partial charge in [-0.15, -0.1) is 0 Å². The van der Waals surface area contributed by atoms with Crippen molar-refractivity contribution in [2.24, 2.45) is 0 Å². The summed E-state index contributed by atoms with van der Waals surface area (Å²) in [5.41, 5.74) is 2.26. The number of hydrogen-bond donors (Lipinski definition) is 2. The predicted molar refractivity (Wildman–Crippen MR) is 78.1 cm³/mol. The van der Waals surface area contributed by atoms with E-state index in [1.54, 1.807) is 10.7 Å². The number of nitrogens with zero attached hydrogens (tertiary/aromatic N) is 2. The first-order chi connectivity index (χ1) is 9.45. The Morgan fingerprint density at radius 1 is 1.40 bits per heavy atom. The Morgan fingerprint density at radius 3 is 2.80 bits per heavy atom. The number of aromatic hydroxyl groups is 1. The number of benzene rings is 1. The highest BCUT2D eigenvalue weighted by molar-refractivity contribution is 6.31. The van der Waals surface area contributed by atoms with Crippen LogP contribution in [-0.4, -0.2) is 20.8 Å². The third kappa shape index (κ3) is 3.51. The second-order valence-electron chi connectivity index (χ2n) is 4.61. The highest BCUT2D eigenvalue weighted by atomic mass is 35.5. The van der Waals surface area contributed by atoms with Gasteiger partial charge in [-0.05, 0) is 38.1 Å². The van der Waals surface area contributed by atoms with Crippen molar-refractivity contribution in [3.05, 3.63) is 40.7 Å². The number of phenols is 1. The van der Waals surface area contributed by atoms with E-state index < -0.39 is 0 Å². The van der Waals surface area contributed by atoms with Crippen LogP contribution >= 0.6 is 11.6 Å². The molecule has 1 aromatic heterocycles. The summed E-state index contributed by atoms with van der Waals surface area (Å²) in [5.74, 6) is -0.205. The highest BCUT2D eigenvalue weighted by Crippen LogP contribution is 2.26. The number of phenolic OH excluding ortho intramolecular Hbond substituents is 1. The van der Waals surface area contributed by atoms with Gasteiger partial charge < -0.3 is 10.4 Å². The Bertz CT molecular complexity index is 637. The Hall–Kier alpha value is -2.01. The van der Waals surface area contributed by atoms with Crippen LogP contribution < -0.4 is 5.32 Å². The summed E-state index contributed by atoms with van der Waals surface area (Å²) in [6.45, 7) is 4.35. The number of nitrogens with one attached hydrogen (secondary N) is 1. The minimum atomic E-state index is -0.199. The number of anilines is 1. The molecule has 1 aromatic carbocycles. The molecule has 20 heavy (non-hydrogen) atoms. The molecular weight excluding hydrogens is 278 g/mol. The van der Waals surface area contributed by atoms with Crippen LogP contribution in [0.15, 0.2) is 24.3 Å². The van der Waals surface area contributed by atoms with Crippen molar-refractivity contribution in [3.63, 3.8) is 0 Å². The first-order valence-corrected chi connectivity index (χ1v) is 6.63. The molecule has 0 saturated carbocycles. The number of halogens is 1. The maximum absolute atomic E-state index is 11.9. The quantitative estimate of drug-likeness (QED) is 0.852. The number of hydrogen-bond acceptors (Lipinski definition) is 3. The molecule has 0 unspecified atom stereocenters. The molecule has 1 heterocycles. The van der Waals surface area contributed by atoms with Crippen LogP contribution in [0.25, 0.3) is 0 Å². The second-order valence-corrected chi connectivity index (χ2v) is 5.05. The maximum atomic E-state index is 11.9. The Kier molecular flexibility index (Phi) is 4.29. The zero-order valence-electron chi connectivity index (χ0n) is 11.4. The zero-order valence-corrected chi connectivity index (χ0v) is 12.1. The summed E-state index contributed by atoms with van der Waals surface area (Å²) in [5, 5.41) is 17.0. The summed E-state index contributed by atoms with van der Waals surface area (Å²) in [6.07, 6.45) is 0.272. The number of aromatic nitrogens is 2. The number of aryl methyl sites for hydroxylation is 3. The fraction of sp³-hybridized carbons (Fsp3) is 0.286. The van der Waals surface area contributed by atoms with Gasteiger partial charge in [0, 0.05) is 23.7 Å². The lowest BCUT2D eigenvalue weighted by molar-refractivity contribution is -0.116. The average molecular weight is 294 g/mol. The van der Waals surface area contributed by atoms with Gasteiger partial charge in [0.05, 0.1) is 11.4 Å². The third-order valence-electron chi connectivity index (χ3n) is 2.89. The highest BCUT2D eigenvalue weighted by Gasteiger charge is 2.08. The van der Waals surface area contributed by atoms with Crippen molar-refractivity contribution < 1.29 is 9.90 Å². The van der Waals surface area contributed by atoms with Crippen molar-refractivity contribution in [1.82, 2.24) is 9.78 Å². The van der Waals surface area contributed by atoms with Gasteiger partial charge >= 0.3 is 0 Å². The van der Waals surface area contributed by atoms with Gasteiger partial charge in [0.15, 0.2) is 0 Å². The summed E-state index contributed by atoms with van der Waals surface area (Å²) >= 11 is 5.82. The van der Waals surface area contributed by atoms with Crippen molar-refractivity contribution in [3.8, 4) is 5.75 Å². The Labute approximate surface area is 122 Å². The molecule has 0 aliphatic carbocycles. The molecule has 0 radical (unpaired) electrons. The second kappa shape index (κ2) is 5.96. The molecule has 0 atom stereocenters. The van der Waals surface area contributed by atoms with Crippen molar-refractivity contribution in [2.75, 3.05) is 5.32 Å². The van der Waals surface area contributed by atoms with Gasteiger partial charge in [-0.3, -0.25) is 9.48 Å². The van der Waals surface area contributed by atoms with Crippen molar-refractivity contribution >= 4 is 23.2 Å². The molecular formula is C14H16ClN3O2. The molecule has 2 N–H and O–H groups in total. The molecule has 0 saturated heterocycles. The lowest BCUT2D eigenvalue weighted by Crippen LogP contribution is -2.15. The molecule has 2 rings (SSSR count). The van der Waals surface area contributed by atoms with E-state index in [-0.39, 0.29) is 18.1 Å². The van der Waals surface area contributed by atoms with E-state index in [0.29, 0.717) is 17.3 Å². The van der Waals surface area contributed by atoms with Crippen LogP contribution in [0.2, 0.25) is 5.02 Å². The molecule has 106 valence electrons. The maximum Gasteiger partial charge on any atom is 0.226 e. The normalized spacial score (nSPS) is 10.6. The van der Waals surface area contributed by atoms with E-state index in [0.717, 1.165) is 11.4 Å². The third-order valence-corrected chi connectivity index (χ3v) is 3.12. The van der Waals surface area contributed by atoms with Crippen LogP contribution in [0.5, 0.6) is 5.75 Å². The van der Waals surface area contributed by atoms with Gasteiger partial charge in [0.1, 0.15) is 5.75 Å². The van der Waals surface area contributed by atoms with Crippen molar-refractivity contribution in [1.29, 1.82) is 0 Å². The van der Waals surface area contributed by atoms with E-state index in [1.165, 1.54) is 12.1 Å². The summed E-state index contributed by atoms with van der Waals surface area (Å²) in [7, 11) is 0. The first-order valence-electron chi connectivity index (χ1n) is 6.25. The van der Waals surface area contributed by atoms with Crippen LogP contribution in [-0.2, 0) is 11.3 Å². The first kappa shape index (κ1) is 14.4. The molecule has 0 aliphatic heterocycles. The predicted octanol–water partition coefficient (Wildman–Crippen LogP) is 2.89. The number of carbonyl (C=O) groups excluding carboxylic acids is 1. The van der Waals surface area contributed by atoms with Crippen LogP contribution in [0, 0.1) is 13.8 Å². The molecule has 2 aromatic rings. The number of carbonyl (C=O) groups is 1. The van der Waals surface area contributed by atoms with Crippen LogP contribution in [0.1, 0.15) is 17.8 Å². The minimum absolute atomic E-state index is 0.00568. The number of rotatable bonds is 4.